The normalized spacial score (nSPS) is 14.7. The summed E-state index contributed by atoms with van der Waals surface area (Å²) in [7, 11) is 0. The van der Waals surface area contributed by atoms with Crippen molar-refractivity contribution in [2.24, 2.45) is 10.2 Å². The van der Waals surface area contributed by atoms with E-state index in [2.05, 4.69) is 22.1 Å². The van der Waals surface area contributed by atoms with Gasteiger partial charge in [0.25, 0.3) is 5.91 Å². The molecule has 3 rings (SSSR count). The van der Waals surface area contributed by atoms with Crippen LogP contribution < -0.4 is 10.2 Å². The molecule has 0 radical (unpaired) electrons. The highest BCUT2D eigenvalue weighted by molar-refractivity contribution is 6.54. The van der Waals surface area contributed by atoms with Crippen molar-refractivity contribution in [3.8, 4) is 0 Å². The molecule has 2 amide bonds. The SMILES string of the molecule is C=CCN1C(=O)/C(=N\N=C/c2ccc(NC(C)=O)cc2)c2ccccc21. The van der Waals surface area contributed by atoms with Gasteiger partial charge in [-0.3, -0.25) is 9.59 Å². The maximum Gasteiger partial charge on any atom is 0.279 e. The predicted octanol–water partition coefficient (Wildman–Crippen LogP) is 3.00. The van der Waals surface area contributed by atoms with Crippen LogP contribution in [-0.4, -0.2) is 30.3 Å². The Morgan fingerprint density at radius 2 is 1.92 bits per heavy atom. The van der Waals surface area contributed by atoms with Crippen molar-refractivity contribution < 1.29 is 9.59 Å². The number of amides is 2. The molecule has 1 N–H and O–H groups in total. The summed E-state index contributed by atoms with van der Waals surface area (Å²) in [5, 5.41) is 10.9. The van der Waals surface area contributed by atoms with Crippen LogP contribution in [0.5, 0.6) is 0 Å². The van der Waals surface area contributed by atoms with E-state index in [1.807, 2.05) is 36.4 Å². The topological polar surface area (TPSA) is 74.1 Å². The lowest BCUT2D eigenvalue weighted by molar-refractivity contribution is -0.114. The highest BCUT2D eigenvalue weighted by Gasteiger charge is 2.32. The van der Waals surface area contributed by atoms with Crippen LogP contribution in [0, 0.1) is 0 Å². The van der Waals surface area contributed by atoms with Gasteiger partial charge < -0.3 is 10.2 Å². The highest BCUT2D eigenvalue weighted by atomic mass is 16.2. The van der Waals surface area contributed by atoms with Gasteiger partial charge in [-0.2, -0.15) is 5.10 Å². The lowest BCUT2D eigenvalue weighted by Crippen LogP contribution is -2.30. The Bertz CT molecular complexity index is 914. The third kappa shape index (κ3) is 3.59. The molecule has 1 aliphatic heterocycles. The van der Waals surface area contributed by atoms with E-state index in [1.165, 1.54) is 6.92 Å². The summed E-state index contributed by atoms with van der Waals surface area (Å²) in [6.07, 6.45) is 3.24. The van der Waals surface area contributed by atoms with Crippen LogP contribution in [0.15, 0.2) is 71.4 Å². The van der Waals surface area contributed by atoms with Crippen molar-refractivity contribution in [1.29, 1.82) is 0 Å². The quantitative estimate of drug-likeness (QED) is 0.513. The minimum Gasteiger partial charge on any atom is -0.326 e. The summed E-state index contributed by atoms with van der Waals surface area (Å²) in [6.45, 7) is 5.57. The lowest BCUT2D eigenvalue weighted by atomic mass is 10.1. The minimum absolute atomic E-state index is 0.125. The van der Waals surface area contributed by atoms with Crippen LogP contribution in [0.3, 0.4) is 0 Å². The number of benzene rings is 2. The fraction of sp³-hybridized carbons (Fsp3) is 0.100. The molecule has 0 spiro atoms. The molecule has 0 atom stereocenters. The number of hydrogen-bond acceptors (Lipinski definition) is 4. The molecule has 6 heteroatoms. The number of carbonyl (C=O) groups excluding carboxylic acids is 2. The average Bonchev–Trinajstić information content (AvgIpc) is 2.89. The molecule has 0 unspecified atom stereocenters. The Labute approximate surface area is 151 Å². The Balaban J connectivity index is 1.81. The summed E-state index contributed by atoms with van der Waals surface area (Å²) in [5.41, 5.74) is 3.41. The molecule has 6 nitrogen and oxygen atoms in total. The van der Waals surface area contributed by atoms with E-state index in [1.54, 1.807) is 29.3 Å². The molecule has 0 aromatic heterocycles. The van der Waals surface area contributed by atoms with E-state index < -0.39 is 0 Å². The summed E-state index contributed by atoms with van der Waals surface area (Å²) in [4.78, 5) is 25.2. The van der Waals surface area contributed by atoms with Gasteiger partial charge in [-0.1, -0.05) is 36.4 Å². The van der Waals surface area contributed by atoms with Crippen LogP contribution in [-0.2, 0) is 9.59 Å². The summed E-state index contributed by atoms with van der Waals surface area (Å²) in [6, 6.07) is 14.6. The van der Waals surface area contributed by atoms with Crippen LogP contribution in [0.25, 0.3) is 0 Å². The zero-order chi connectivity index (χ0) is 18.5. The molecule has 0 fully saturated rings. The molecule has 0 saturated carbocycles. The number of fused-ring (bicyclic) bond motifs is 1. The number of nitrogens with zero attached hydrogens (tertiary/aromatic N) is 3. The Kier molecular flexibility index (Phi) is 5.03. The van der Waals surface area contributed by atoms with Gasteiger partial charge in [0, 0.05) is 24.7 Å². The maximum absolute atomic E-state index is 12.6. The Hall–Kier alpha value is -3.54. The Morgan fingerprint density at radius 3 is 2.62 bits per heavy atom. The monoisotopic (exact) mass is 346 g/mol. The van der Waals surface area contributed by atoms with Gasteiger partial charge in [0.05, 0.1) is 11.9 Å². The molecule has 0 saturated heterocycles. The smallest absolute Gasteiger partial charge is 0.279 e. The van der Waals surface area contributed by atoms with E-state index in [-0.39, 0.29) is 11.8 Å². The second kappa shape index (κ2) is 7.57. The minimum atomic E-state index is -0.191. The first kappa shape index (κ1) is 17.3. The molecule has 2 aromatic carbocycles. The third-order valence-electron chi connectivity index (χ3n) is 3.80. The number of nitrogens with one attached hydrogen (secondary N) is 1. The standard InChI is InChI=1S/C20H18N4O2/c1-3-12-24-18-7-5-4-6-17(18)19(20(24)26)23-21-13-15-8-10-16(11-9-15)22-14(2)25/h3-11,13H,1,12H2,2H3,(H,22,25)/b21-13-,23-19-. The maximum atomic E-state index is 12.6. The second-order valence-electron chi connectivity index (χ2n) is 5.72. The van der Waals surface area contributed by atoms with Crippen molar-refractivity contribution in [3.05, 3.63) is 72.3 Å². The molecule has 0 bridgehead atoms. The van der Waals surface area contributed by atoms with Crippen LogP contribution in [0.4, 0.5) is 11.4 Å². The number of rotatable bonds is 5. The fourth-order valence-electron chi connectivity index (χ4n) is 2.68. The fourth-order valence-corrected chi connectivity index (χ4v) is 2.68. The molecule has 2 aromatic rings. The molecule has 130 valence electrons. The van der Waals surface area contributed by atoms with Crippen molar-refractivity contribution in [2.75, 3.05) is 16.8 Å². The third-order valence-corrected chi connectivity index (χ3v) is 3.80. The summed E-state index contributed by atoms with van der Waals surface area (Å²) < 4.78 is 0. The molecule has 1 aliphatic rings. The first-order valence-electron chi connectivity index (χ1n) is 8.11. The van der Waals surface area contributed by atoms with Gasteiger partial charge in [-0.25, -0.2) is 0 Å². The average molecular weight is 346 g/mol. The zero-order valence-corrected chi connectivity index (χ0v) is 14.3. The van der Waals surface area contributed by atoms with E-state index in [9.17, 15) is 9.59 Å². The van der Waals surface area contributed by atoms with Gasteiger partial charge in [0.1, 0.15) is 0 Å². The number of carbonyl (C=O) groups is 2. The number of hydrogen-bond donors (Lipinski definition) is 1. The van der Waals surface area contributed by atoms with Crippen molar-refractivity contribution >= 4 is 35.1 Å². The summed E-state index contributed by atoms with van der Waals surface area (Å²) in [5.74, 6) is -0.315. The van der Waals surface area contributed by atoms with Crippen LogP contribution >= 0.6 is 0 Å². The lowest BCUT2D eigenvalue weighted by Gasteiger charge is -2.13. The van der Waals surface area contributed by atoms with Gasteiger partial charge >= 0.3 is 0 Å². The Morgan fingerprint density at radius 1 is 1.19 bits per heavy atom. The molecular weight excluding hydrogens is 328 g/mol. The van der Waals surface area contributed by atoms with E-state index in [0.717, 1.165) is 16.8 Å². The molecular formula is C20H18N4O2. The molecule has 0 aliphatic carbocycles. The largest absolute Gasteiger partial charge is 0.326 e. The number of para-hydroxylation sites is 1. The predicted molar refractivity (Wildman–Crippen MR) is 104 cm³/mol. The van der Waals surface area contributed by atoms with Gasteiger partial charge in [0.2, 0.25) is 5.91 Å². The molecule has 1 heterocycles. The first-order valence-corrected chi connectivity index (χ1v) is 8.11. The van der Waals surface area contributed by atoms with E-state index in [4.69, 9.17) is 0 Å². The zero-order valence-electron chi connectivity index (χ0n) is 14.3. The van der Waals surface area contributed by atoms with Crippen molar-refractivity contribution in [2.45, 2.75) is 6.92 Å². The number of anilines is 2. The van der Waals surface area contributed by atoms with Gasteiger partial charge in [0.15, 0.2) is 5.71 Å². The van der Waals surface area contributed by atoms with Crippen LogP contribution in [0.2, 0.25) is 0 Å². The van der Waals surface area contributed by atoms with E-state index >= 15 is 0 Å². The van der Waals surface area contributed by atoms with E-state index in [0.29, 0.717) is 17.9 Å². The van der Waals surface area contributed by atoms with Crippen LogP contribution in [0.1, 0.15) is 18.1 Å². The first-order chi connectivity index (χ1) is 12.6. The highest BCUT2D eigenvalue weighted by Crippen LogP contribution is 2.28. The van der Waals surface area contributed by atoms with Gasteiger partial charge in [-0.15, -0.1) is 11.7 Å². The van der Waals surface area contributed by atoms with Crippen molar-refractivity contribution in [1.82, 2.24) is 0 Å². The molecule has 26 heavy (non-hydrogen) atoms. The second-order valence-corrected chi connectivity index (χ2v) is 5.72. The van der Waals surface area contributed by atoms with Gasteiger partial charge in [-0.05, 0) is 23.8 Å². The summed E-state index contributed by atoms with van der Waals surface area (Å²) >= 11 is 0. The van der Waals surface area contributed by atoms with Crippen molar-refractivity contribution in [3.63, 3.8) is 0 Å².